The van der Waals surface area contributed by atoms with Gasteiger partial charge < -0.3 is 24.9 Å². The number of fused-ring (bicyclic) bond motifs is 5. The van der Waals surface area contributed by atoms with Crippen LogP contribution in [0.1, 0.15) is 33.6 Å². The second-order valence-corrected chi connectivity index (χ2v) is 16.2. The van der Waals surface area contributed by atoms with Gasteiger partial charge in [-0.3, -0.25) is 4.79 Å². The predicted molar refractivity (Wildman–Crippen MR) is 217 cm³/mol. The molecule has 0 spiro atoms. The molecule has 0 saturated heterocycles. The first-order chi connectivity index (χ1) is 28.5. The average molecular weight is 816 g/mol. The molecule has 59 heavy (non-hydrogen) atoms. The number of carbonyl (C=O) groups excluding carboxylic acids is 2. The summed E-state index contributed by atoms with van der Waals surface area (Å²) in [4.78, 5) is 34.8. The molecule has 0 bridgehead atoms. The molecule has 9 rings (SSSR count). The van der Waals surface area contributed by atoms with Crippen LogP contribution in [-0.4, -0.2) is 58.5 Å². The Morgan fingerprint density at radius 3 is 2.05 bits per heavy atom. The smallest absolute Gasteiger partial charge is 0.445 e. The summed E-state index contributed by atoms with van der Waals surface area (Å²) in [5, 5.41) is 4.49. The third-order valence-electron chi connectivity index (χ3n) is 11.1. The van der Waals surface area contributed by atoms with E-state index in [1.54, 1.807) is 66.7 Å². The molecule has 5 aromatic carbocycles. The number of hydrogen-bond donors (Lipinski definition) is 3. The summed E-state index contributed by atoms with van der Waals surface area (Å²) >= 11 is 0. The van der Waals surface area contributed by atoms with Gasteiger partial charge in [-0.1, -0.05) is 103 Å². The Balaban J connectivity index is 1.32. The van der Waals surface area contributed by atoms with E-state index in [0.717, 1.165) is 19.8 Å². The number of aromatic amines is 2. The van der Waals surface area contributed by atoms with E-state index < -0.39 is 33.7 Å². The molecular formula is C45H36F3N5O5S. The number of carbonyl (C=O) groups is 2. The highest BCUT2D eigenvalue weighted by Crippen LogP contribution is 2.53. The number of hydrogen-bond acceptors (Lipinski definition) is 5. The number of benzene rings is 5. The topological polar surface area (TPSA) is 129 Å². The largest absolute Gasteiger partial charge is 0.471 e. The van der Waals surface area contributed by atoms with Gasteiger partial charge >= 0.3 is 18.2 Å². The van der Waals surface area contributed by atoms with Crippen molar-refractivity contribution in [1.82, 2.24) is 24.2 Å². The average Bonchev–Trinajstić information content (AvgIpc) is 3.95. The van der Waals surface area contributed by atoms with Crippen molar-refractivity contribution in [1.29, 1.82) is 0 Å². The quantitative estimate of drug-likeness (QED) is 0.135. The van der Waals surface area contributed by atoms with Crippen LogP contribution in [-0.2, 0) is 44.5 Å². The van der Waals surface area contributed by atoms with Gasteiger partial charge in [-0.05, 0) is 59.9 Å². The molecule has 0 fully saturated rings. The first-order valence-corrected chi connectivity index (χ1v) is 20.4. The van der Waals surface area contributed by atoms with Crippen molar-refractivity contribution in [3.05, 3.63) is 173 Å². The van der Waals surface area contributed by atoms with Crippen molar-refractivity contribution >= 4 is 54.7 Å². The SMILES string of the molecule is O=C(NCCc1c(C2(c3cn(S(=O)(=O)c4ccccc4)c4ccccc34)c3[nH]c4ccccc4c3CCN2C(=O)C(F)(F)F)[nH]c2ccccc12)OCc1ccccc1. The van der Waals surface area contributed by atoms with Gasteiger partial charge in [-0.2, -0.15) is 13.2 Å². The summed E-state index contributed by atoms with van der Waals surface area (Å²) in [6.45, 7) is -0.325. The number of halogens is 3. The Morgan fingerprint density at radius 2 is 1.34 bits per heavy atom. The van der Waals surface area contributed by atoms with E-state index >= 15 is 13.2 Å². The predicted octanol–water partition coefficient (Wildman–Crippen LogP) is 8.55. The molecule has 3 N–H and O–H groups in total. The molecule has 0 radical (unpaired) electrons. The van der Waals surface area contributed by atoms with Crippen LogP contribution in [0.4, 0.5) is 18.0 Å². The van der Waals surface area contributed by atoms with Crippen molar-refractivity contribution in [2.75, 3.05) is 13.1 Å². The summed E-state index contributed by atoms with van der Waals surface area (Å²) in [6, 6.07) is 38.0. The number of amides is 2. The summed E-state index contributed by atoms with van der Waals surface area (Å²) in [5.41, 5.74) is 1.87. The number of rotatable bonds is 9. The van der Waals surface area contributed by atoms with Crippen LogP contribution in [0.2, 0.25) is 0 Å². The van der Waals surface area contributed by atoms with Gasteiger partial charge in [-0.15, -0.1) is 0 Å². The summed E-state index contributed by atoms with van der Waals surface area (Å²) < 4.78 is 81.0. The molecule has 1 atom stereocenters. The number of alkyl carbamates (subject to hydrolysis) is 1. The molecule has 1 aliphatic heterocycles. The van der Waals surface area contributed by atoms with Crippen molar-refractivity contribution in [3.8, 4) is 0 Å². The van der Waals surface area contributed by atoms with Crippen LogP contribution in [0.5, 0.6) is 0 Å². The third-order valence-corrected chi connectivity index (χ3v) is 12.7. The highest BCUT2D eigenvalue weighted by Gasteiger charge is 2.58. The Hall–Kier alpha value is -6.80. The van der Waals surface area contributed by atoms with Gasteiger partial charge in [0.15, 0.2) is 5.54 Å². The summed E-state index contributed by atoms with van der Waals surface area (Å²) in [6.07, 6.45) is -4.50. The Morgan fingerprint density at radius 1 is 0.746 bits per heavy atom. The van der Waals surface area contributed by atoms with Gasteiger partial charge in [-0.25, -0.2) is 17.2 Å². The minimum atomic E-state index is -5.32. The molecule has 14 heteroatoms. The molecule has 2 amide bonds. The lowest BCUT2D eigenvalue weighted by atomic mass is 9.74. The van der Waals surface area contributed by atoms with Crippen LogP contribution in [0, 0.1) is 0 Å². The van der Waals surface area contributed by atoms with Crippen molar-refractivity contribution < 1.29 is 35.9 Å². The minimum absolute atomic E-state index is 0.00940. The molecule has 1 unspecified atom stereocenters. The molecule has 3 aromatic heterocycles. The lowest BCUT2D eigenvalue weighted by molar-refractivity contribution is -0.190. The first kappa shape index (κ1) is 37.8. The van der Waals surface area contributed by atoms with Gasteiger partial charge in [0.25, 0.3) is 10.0 Å². The van der Waals surface area contributed by atoms with Crippen LogP contribution in [0.15, 0.2) is 145 Å². The van der Waals surface area contributed by atoms with E-state index in [9.17, 15) is 18.0 Å². The normalized spacial score (nSPS) is 15.7. The fourth-order valence-corrected chi connectivity index (χ4v) is 9.94. The number of aromatic nitrogens is 3. The van der Waals surface area contributed by atoms with Crippen LogP contribution in [0.3, 0.4) is 0 Å². The first-order valence-electron chi connectivity index (χ1n) is 18.9. The number of nitrogens with zero attached hydrogens (tertiary/aromatic N) is 2. The molecule has 1 aliphatic rings. The monoisotopic (exact) mass is 815 g/mol. The number of para-hydroxylation sites is 3. The zero-order valence-electron chi connectivity index (χ0n) is 31.3. The number of alkyl halides is 3. The molecular weight excluding hydrogens is 780 g/mol. The molecule has 4 heterocycles. The zero-order valence-corrected chi connectivity index (χ0v) is 32.1. The molecule has 10 nitrogen and oxygen atoms in total. The van der Waals surface area contributed by atoms with Gasteiger partial charge in [0.05, 0.1) is 21.8 Å². The van der Waals surface area contributed by atoms with E-state index in [0.29, 0.717) is 32.9 Å². The fourth-order valence-electron chi connectivity index (χ4n) is 8.55. The Labute approximate surface area is 336 Å². The van der Waals surface area contributed by atoms with Gasteiger partial charge in [0.2, 0.25) is 0 Å². The van der Waals surface area contributed by atoms with Crippen molar-refractivity contribution in [2.24, 2.45) is 0 Å². The van der Waals surface area contributed by atoms with E-state index in [2.05, 4.69) is 15.3 Å². The molecule has 0 aliphatic carbocycles. The van der Waals surface area contributed by atoms with Crippen LogP contribution < -0.4 is 5.32 Å². The molecule has 0 saturated carbocycles. The van der Waals surface area contributed by atoms with E-state index in [1.165, 1.54) is 18.3 Å². The van der Waals surface area contributed by atoms with Crippen molar-refractivity contribution in [2.45, 2.75) is 36.1 Å². The second-order valence-electron chi connectivity index (χ2n) is 14.4. The fraction of sp³-hybridized carbons (Fsp3) is 0.156. The van der Waals surface area contributed by atoms with Crippen LogP contribution in [0.25, 0.3) is 32.7 Å². The maximum atomic E-state index is 15.1. The maximum Gasteiger partial charge on any atom is 0.471 e. The van der Waals surface area contributed by atoms with E-state index in [1.807, 2.05) is 54.6 Å². The Bertz CT molecular complexity index is 3000. The lowest BCUT2D eigenvalue weighted by Crippen LogP contribution is -2.58. The maximum absolute atomic E-state index is 15.1. The van der Waals surface area contributed by atoms with Gasteiger partial charge in [0.1, 0.15) is 6.61 Å². The molecule has 8 aromatic rings. The third kappa shape index (κ3) is 6.31. The van der Waals surface area contributed by atoms with E-state index in [4.69, 9.17) is 4.74 Å². The lowest BCUT2D eigenvalue weighted by Gasteiger charge is -2.47. The standard InChI is InChI=1S/C45H36F3N5O5S/c46-45(47,48)42(54)52-26-24-34-32-18-8-11-21-38(32)51-41(34)44(52,36-27-53(39-22-12-9-19-35(36)39)59(56,57)30-15-5-2-6-16-30)40-33(31-17-7-10-20-37(31)50-40)23-25-49-43(55)58-28-29-13-3-1-4-14-29/h1-22,27,50-51H,23-26,28H2,(H,49,55). The molecule has 298 valence electrons. The second kappa shape index (κ2) is 14.5. The van der Waals surface area contributed by atoms with Gasteiger partial charge in [0, 0.05) is 52.0 Å². The highest BCUT2D eigenvalue weighted by molar-refractivity contribution is 7.90. The summed E-state index contributed by atoms with van der Waals surface area (Å²) in [5.74, 6) is -2.10. The zero-order chi connectivity index (χ0) is 40.9. The Kier molecular flexibility index (Phi) is 9.31. The number of nitrogens with one attached hydrogen (secondary N) is 3. The van der Waals surface area contributed by atoms with E-state index in [-0.39, 0.29) is 59.9 Å². The van der Waals surface area contributed by atoms with Crippen LogP contribution >= 0.6 is 0 Å². The van der Waals surface area contributed by atoms with Crippen molar-refractivity contribution in [3.63, 3.8) is 0 Å². The number of ether oxygens (including phenoxy) is 1. The highest BCUT2D eigenvalue weighted by atomic mass is 32.2. The minimum Gasteiger partial charge on any atom is -0.445 e. The number of H-pyrrole nitrogens is 2. The summed E-state index contributed by atoms with van der Waals surface area (Å²) in [7, 11) is -4.34.